The fourth-order valence-electron chi connectivity index (χ4n) is 2.22. The lowest BCUT2D eigenvalue weighted by molar-refractivity contribution is -0.123. The summed E-state index contributed by atoms with van der Waals surface area (Å²) in [5.41, 5.74) is 4.57. The van der Waals surface area contributed by atoms with E-state index < -0.39 is 6.09 Å². The molecule has 0 bridgehead atoms. The molecule has 4 heteroatoms. The molecule has 1 aromatic rings. The third kappa shape index (κ3) is 2.59. The summed E-state index contributed by atoms with van der Waals surface area (Å²) in [7, 11) is 0. The maximum absolute atomic E-state index is 12.0. The summed E-state index contributed by atoms with van der Waals surface area (Å²) in [6.45, 7) is 8.20. The minimum absolute atomic E-state index is 0.208. The van der Waals surface area contributed by atoms with Crippen LogP contribution in [0.15, 0.2) is 18.2 Å². The van der Waals surface area contributed by atoms with Gasteiger partial charge in [0.05, 0.1) is 6.04 Å². The first kappa shape index (κ1) is 14.3. The quantitative estimate of drug-likeness (QED) is 0.778. The Kier molecular flexibility index (Phi) is 3.93. The van der Waals surface area contributed by atoms with E-state index in [4.69, 9.17) is 4.74 Å². The number of imide groups is 1. The molecule has 0 saturated carbocycles. The summed E-state index contributed by atoms with van der Waals surface area (Å²) in [6, 6.07) is 3.80. The molecule has 1 atom stereocenters. The van der Waals surface area contributed by atoms with Crippen molar-refractivity contribution in [2.45, 2.75) is 33.7 Å². The summed E-state index contributed by atoms with van der Waals surface area (Å²) in [6.07, 6.45) is 2.62. The molecule has 20 heavy (non-hydrogen) atoms. The van der Waals surface area contributed by atoms with E-state index in [-0.39, 0.29) is 18.6 Å². The maximum atomic E-state index is 12.0. The lowest BCUT2D eigenvalue weighted by atomic mass is 9.98. The Morgan fingerprint density at radius 2 is 2.00 bits per heavy atom. The molecule has 1 aliphatic rings. The van der Waals surface area contributed by atoms with E-state index in [1.54, 1.807) is 13.0 Å². The molecular weight excluding hydrogens is 254 g/mol. The molecule has 106 valence electrons. The van der Waals surface area contributed by atoms with E-state index in [1.807, 2.05) is 19.1 Å². The number of rotatable bonds is 2. The van der Waals surface area contributed by atoms with Gasteiger partial charge in [-0.3, -0.25) is 4.79 Å². The highest BCUT2D eigenvalue weighted by Gasteiger charge is 2.33. The molecule has 2 amide bonds. The summed E-state index contributed by atoms with van der Waals surface area (Å²) in [5, 5.41) is 0. The fraction of sp³-hybridized carbons (Fsp3) is 0.375. The van der Waals surface area contributed by atoms with E-state index in [1.165, 1.54) is 17.2 Å². The van der Waals surface area contributed by atoms with Crippen molar-refractivity contribution in [3.05, 3.63) is 40.5 Å². The first-order chi connectivity index (χ1) is 9.41. The Morgan fingerprint density at radius 3 is 2.60 bits per heavy atom. The maximum Gasteiger partial charge on any atom is 0.417 e. The SMILES string of the molecule is Cc1ccc(/C=C/C(=O)N2C(=O)OC[C@@H]2C)c(C)c1C. The van der Waals surface area contributed by atoms with Gasteiger partial charge in [0.25, 0.3) is 5.91 Å². The van der Waals surface area contributed by atoms with Gasteiger partial charge in [-0.1, -0.05) is 12.1 Å². The van der Waals surface area contributed by atoms with Crippen LogP contribution in [0.2, 0.25) is 0 Å². The molecule has 0 aromatic heterocycles. The standard InChI is InChI=1S/C16H19NO3/c1-10-5-6-14(13(4)12(10)3)7-8-15(18)17-11(2)9-20-16(17)19/h5-8,11H,9H2,1-4H3/b8-7+/t11-/m0/s1. The van der Waals surface area contributed by atoms with Gasteiger partial charge < -0.3 is 4.74 Å². The Bertz CT molecular complexity index is 590. The number of nitrogens with zero attached hydrogens (tertiary/aromatic N) is 1. The smallest absolute Gasteiger partial charge is 0.417 e. The van der Waals surface area contributed by atoms with Crippen molar-refractivity contribution < 1.29 is 14.3 Å². The van der Waals surface area contributed by atoms with E-state index in [9.17, 15) is 9.59 Å². The largest absolute Gasteiger partial charge is 0.447 e. The molecule has 0 radical (unpaired) electrons. The van der Waals surface area contributed by atoms with Gasteiger partial charge in [-0.15, -0.1) is 0 Å². The molecule has 1 heterocycles. The van der Waals surface area contributed by atoms with Crippen LogP contribution in [0.3, 0.4) is 0 Å². The number of amides is 2. The molecule has 1 fully saturated rings. The number of aryl methyl sites for hydroxylation is 1. The number of hydrogen-bond donors (Lipinski definition) is 0. The van der Waals surface area contributed by atoms with Gasteiger partial charge >= 0.3 is 6.09 Å². The highest BCUT2D eigenvalue weighted by Crippen LogP contribution is 2.19. The minimum Gasteiger partial charge on any atom is -0.447 e. The second-order valence-electron chi connectivity index (χ2n) is 5.19. The molecule has 4 nitrogen and oxygen atoms in total. The zero-order valence-electron chi connectivity index (χ0n) is 12.3. The minimum atomic E-state index is -0.566. The van der Waals surface area contributed by atoms with Crippen molar-refractivity contribution in [1.29, 1.82) is 0 Å². The van der Waals surface area contributed by atoms with E-state index in [0.717, 1.165) is 16.0 Å². The molecule has 0 N–H and O–H groups in total. The fourth-order valence-corrected chi connectivity index (χ4v) is 2.22. The van der Waals surface area contributed by atoms with Gasteiger partial charge in [-0.25, -0.2) is 9.69 Å². The van der Waals surface area contributed by atoms with E-state index >= 15 is 0 Å². The van der Waals surface area contributed by atoms with Gasteiger partial charge in [0.2, 0.25) is 0 Å². The molecule has 2 rings (SSSR count). The average Bonchev–Trinajstić information content (AvgIpc) is 2.74. The number of cyclic esters (lactones) is 1. The summed E-state index contributed by atoms with van der Waals surface area (Å²) < 4.78 is 4.84. The normalized spacial score (nSPS) is 18.7. The van der Waals surface area contributed by atoms with Crippen molar-refractivity contribution in [2.75, 3.05) is 6.61 Å². The predicted molar refractivity (Wildman–Crippen MR) is 77.3 cm³/mol. The van der Waals surface area contributed by atoms with Gasteiger partial charge in [0.15, 0.2) is 0 Å². The van der Waals surface area contributed by atoms with Gasteiger partial charge in [0, 0.05) is 6.08 Å². The molecule has 1 aliphatic heterocycles. The Labute approximate surface area is 119 Å². The Morgan fingerprint density at radius 1 is 1.30 bits per heavy atom. The number of hydrogen-bond acceptors (Lipinski definition) is 3. The number of ether oxygens (including phenoxy) is 1. The highest BCUT2D eigenvalue weighted by molar-refractivity contribution is 6.02. The first-order valence-electron chi connectivity index (χ1n) is 6.66. The zero-order chi connectivity index (χ0) is 14.9. The lowest BCUT2D eigenvalue weighted by Crippen LogP contribution is -2.35. The van der Waals surface area contributed by atoms with Crippen LogP contribution in [-0.4, -0.2) is 29.5 Å². The second kappa shape index (κ2) is 5.49. The molecule has 0 spiro atoms. The Balaban J connectivity index is 2.20. The van der Waals surface area contributed by atoms with Crippen LogP contribution >= 0.6 is 0 Å². The second-order valence-corrected chi connectivity index (χ2v) is 5.19. The van der Waals surface area contributed by atoms with Crippen molar-refractivity contribution >= 4 is 18.1 Å². The third-order valence-corrected chi connectivity index (χ3v) is 3.83. The van der Waals surface area contributed by atoms with Crippen LogP contribution in [0.25, 0.3) is 6.08 Å². The first-order valence-corrected chi connectivity index (χ1v) is 6.66. The summed E-state index contributed by atoms with van der Waals surface area (Å²) in [5.74, 6) is -0.336. The number of carbonyl (C=O) groups excluding carboxylic acids is 2. The van der Waals surface area contributed by atoms with Crippen molar-refractivity contribution in [2.24, 2.45) is 0 Å². The Hall–Kier alpha value is -2.10. The van der Waals surface area contributed by atoms with Gasteiger partial charge in [-0.2, -0.15) is 0 Å². The molecule has 1 saturated heterocycles. The zero-order valence-corrected chi connectivity index (χ0v) is 12.3. The van der Waals surface area contributed by atoms with Crippen molar-refractivity contribution in [1.82, 2.24) is 4.90 Å². The van der Waals surface area contributed by atoms with Crippen LogP contribution in [0.1, 0.15) is 29.2 Å². The van der Waals surface area contributed by atoms with Crippen LogP contribution in [-0.2, 0) is 9.53 Å². The van der Waals surface area contributed by atoms with E-state index in [2.05, 4.69) is 13.8 Å². The van der Waals surface area contributed by atoms with Crippen molar-refractivity contribution in [3.63, 3.8) is 0 Å². The topological polar surface area (TPSA) is 46.6 Å². The van der Waals surface area contributed by atoms with Gasteiger partial charge in [0.1, 0.15) is 6.61 Å². The third-order valence-electron chi connectivity index (χ3n) is 3.83. The molecule has 1 aromatic carbocycles. The van der Waals surface area contributed by atoms with Crippen LogP contribution < -0.4 is 0 Å². The predicted octanol–water partition coefficient (Wildman–Crippen LogP) is 2.99. The average molecular weight is 273 g/mol. The van der Waals surface area contributed by atoms with Crippen LogP contribution in [0.5, 0.6) is 0 Å². The molecular formula is C16H19NO3. The van der Waals surface area contributed by atoms with Crippen LogP contribution in [0, 0.1) is 20.8 Å². The highest BCUT2D eigenvalue weighted by atomic mass is 16.6. The van der Waals surface area contributed by atoms with E-state index in [0.29, 0.717) is 0 Å². The molecule has 0 aliphatic carbocycles. The summed E-state index contributed by atoms with van der Waals surface area (Å²) in [4.78, 5) is 24.6. The molecule has 0 unspecified atom stereocenters. The van der Waals surface area contributed by atoms with Gasteiger partial charge in [-0.05, 0) is 56.0 Å². The monoisotopic (exact) mass is 273 g/mol. The number of carbonyl (C=O) groups is 2. The lowest BCUT2D eigenvalue weighted by Gasteiger charge is -2.13. The van der Waals surface area contributed by atoms with Crippen molar-refractivity contribution in [3.8, 4) is 0 Å². The number of benzene rings is 1. The summed E-state index contributed by atoms with van der Waals surface area (Å²) >= 11 is 0. The van der Waals surface area contributed by atoms with Crippen LogP contribution in [0.4, 0.5) is 4.79 Å².